The summed E-state index contributed by atoms with van der Waals surface area (Å²) in [6.07, 6.45) is 8.09. The van der Waals surface area contributed by atoms with Crippen LogP contribution in [0.3, 0.4) is 0 Å². The van der Waals surface area contributed by atoms with Crippen LogP contribution in [0.15, 0.2) is 52.1 Å². The predicted octanol–water partition coefficient (Wildman–Crippen LogP) is 4.86. The van der Waals surface area contributed by atoms with Crippen molar-refractivity contribution in [2.75, 3.05) is 19.8 Å². The highest BCUT2D eigenvalue weighted by Crippen LogP contribution is 2.31. The van der Waals surface area contributed by atoms with Crippen LogP contribution in [0.25, 0.3) is 0 Å². The van der Waals surface area contributed by atoms with Crippen molar-refractivity contribution in [2.24, 2.45) is 10.9 Å². The van der Waals surface area contributed by atoms with Gasteiger partial charge in [0.05, 0.1) is 25.0 Å². The van der Waals surface area contributed by atoms with Crippen molar-refractivity contribution in [1.82, 2.24) is 10.6 Å². The Morgan fingerprint density at radius 1 is 1.06 bits per heavy atom. The third kappa shape index (κ3) is 5.85. The van der Waals surface area contributed by atoms with Crippen LogP contribution in [-0.2, 0) is 11.2 Å². The van der Waals surface area contributed by atoms with E-state index in [0.29, 0.717) is 31.2 Å². The Labute approximate surface area is 191 Å². The maximum Gasteiger partial charge on any atom is 0.191 e. The number of para-hydroxylation sites is 1. The summed E-state index contributed by atoms with van der Waals surface area (Å²) in [6.45, 7) is 6.72. The van der Waals surface area contributed by atoms with Crippen LogP contribution in [0, 0.1) is 5.92 Å². The Kier molecular flexibility index (Phi) is 8.10. The van der Waals surface area contributed by atoms with Crippen LogP contribution in [0.2, 0.25) is 0 Å². The van der Waals surface area contributed by atoms with Crippen molar-refractivity contribution >= 4 is 5.96 Å². The number of furan rings is 1. The number of aliphatic imine (C=N–C) groups is 1. The van der Waals surface area contributed by atoms with Gasteiger partial charge in [-0.05, 0) is 37.0 Å². The molecule has 6 heteroatoms. The average molecular weight is 440 g/mol. The van der Waals surface area contributed by atoms with E-state index in [0.717, 1.165) is 62.6 Å². The maximum absolute atomic E-state index is 6.13. The van der Waals surface area contributed by atoms with E-state index in [1.807, 2.05) is 24.3 Å². The van der Waals surface area contributed by atoms with E-state index >= 15 is 0 Å². The monoisotopic (exact) mass is 439 g/mol. The molecule has 3 unspecified atom stereocenters. The van der Waals surface area contributed by atoms with Crippen molar-refractivity contribution in [3.8, 4) is 5.75 Å². The molecule has 3 atom stereocenters. The second-order valence-electron chi connectivity index (χ2n) is 8.78. The highest BCUT2D eigenvalue weighted by Gasteiger charge is 2.29. The summed E-state index contributed by atoms with van der Waals surface area (Å²) in [6, 6.07) is 12.8. The highest BCUT2D eigenvalue weighted by molar-refractivity contribution is 5.80. The minimum Gasteiger partial charge on any atom is -0.493 e. The number of rotatable bonds is 8. The fraction of sp³-hybridized carbons (Fsp3) is 0.577. The third-order valence-corrected chi connectivity index (χ3v) is 6.71. The first-order valence-corrected chi connectivity index (χ1v) is 12.2. The molecule has 0 spiro atoms. The van der Waals surface area contributed by atoms with E-state index in [9.17, 15) is 0 Å². The summed E-state index contributed by atoms with van der Waals surface area (Å²) in [4.78, 5) is 4.92. The van der Waals surface area contributed by atoms with E-state index in [1.54, 1.807) is 6.26 Å². The smallest absolute Gasteiger partial charge is 0.191 e. The quantitative estimate of drug-likeness (QED) is 0.454. The molecule has 0 saturated carbocycles. The Morgan fingerprint density at radius 3 is 2.75 bits per heavy atom. The zero-order valence-corrected chi connectivity index (χ0v) is 19.4. The van der Waals surface area contributed by atoms with Crippen LogP contribution in [0.4, 0.5) is 0 Å². The van der Waals surface area contributed by atoms with Crippen molar-refractivity contribution in [2.45, 2.75) is 70.6 Å². The summed E-state index contributed by atoms with van der Waals surface area (Å²) in [5, 5.41) is 7.43. The number of guanidine groups is 1. The molecule has 174 valence electrons. The number of fused-ring (bicyclic) bond motifs is 1. The first-order valence-electron chi connectivity index (χ1n) is 12.2. The lowest BCUT2D eigenvalue weighted by Gasteiger charge is -2.36. The molecule has 1 fully saturated rings. The molecule has 0 aliphatic carbocycles. The molecule has 0 amide bonds. The Morgan fingerprint density at radius 2 is 1.94 bits per heavy atom. The predicted molar refractivity (Wildman–Crippen MR) is 127 cm³/mol. The summed E-state index contributed by atoms with van der Waals surface area (Å²) in [5.74, 6) is 3.41. The normalized spacial score (nSPS) is 23.5. The first kappa shape index (κ1) is 22.7. The van der Waals surface area contributed by atoms with Gasteiger partial charge in [-0.3, -0.25) is 4.99 Å². The van der Waals surface area contributed by atoms with Crippen LogP contribution in [-0.4, -0.2) is 37.9 Å². The molecular weight excluding hydrogens is 402 g/mol. The minimum absolute atomic E-state index is 0.185. The summed E-state index contributed by atoms with van der Waals surface area (Å²) < 4.78 is 17.5. The Balaban J connectivity index is 1.45. The zero-order valence-electron chi connectivity index (χ0n) is 19.4. The van der Waals surface area contributed by atoms with Gasteiger partial charge in [-0.2, -0.15) is 0 Å². The highest BCUT2D eigenvalue weighted by atomic mass is 16.5. The molecule has 2 N–H and O–H groups in total. The number of nitrogens with one attached hydrogen (secondary N) is 2. The molecule has 6 nitrogen and oxygen atoms in total. The first-order chi connectivity index (χ1) is 15.8. The number of hydrogen-bond acceptors (Lipinski definition) is 4. The third-order valence-electron chi connectivity index (χ3n) is 6.71. The number of ether oxygens (including phenoxy) is 2. The van der Waals surface area contributed by atoms with Crippen LogP contribution in [0.1, 0.15) is 63.3 Å². The van der Waals surface area contributed by atoms with Crippen molar-refractivity contribution in [3.05, 3.63) is 54.0 Å². The molecule has 32 heavy (non-hydrogen) atoms. The maximum atomic E-state index is 6.13. The summed E-state index contributed by atoms with van der Waals surface area (Å²) in [7, 11) is 0. The lowest BCUT2D eigenvalue weighted by atomic mass is 9.89. The van der Waals surface area contributed by atoms with E-state index in [2.05, 4.69) is 36.6 Å². The Bertz CT molecular complexity index is 848. The van der Waals surface area contributed by atoms with Gasteiger partial charge in [0.2, 0.25) is 0 Å². The van der Waals surface area contributed by atoms with Gasteiger partial charge in [-0.15, -0.1) is 0 Å². The van der Waals surface area contributed by atoms with E-state index in [1.165, 1.54) is 5.56 Å². The van der Waals surface area contributed by atoms with Gasteiger partial charge in [-0.25, -0.2) is 0 Å². The molecule has 1 aromatic carbocycles. The van der Waals surface area contributed by atoms with Gasteiger partial charge < -0.3 is 24.5 Å². The Hall–Kier alpha value is -2.47. The van der Waals surface area contributed by atoms with Gasteiger partial charge in [-0.1, -0.05) is 44.9 Å². The second kappa shape index (κ2) is 11.4. The van der Waals surface area contributed by atoms with E-state index in [-0.39, 0.29) is 6.04 Å². The minimum atomic E-state index is 0.185. The van der Waals surface area contributed by atoms with Crippen molar-refractivity contribution < 1.29 is 13.9 Å². The second-order valence-corrected chi connectivity index (χ2v) is 8.78. The SMILES string of the molecule is CCC(CC)C1CC(NC(=NCCc2ccco2)NC2CCOc3ccccc32)CCO1. The van der Waals surface area contributed by atoms with Crippen LogP contribution < -0.4 is 15.4 Å². The molecule has 0 bridgehead atoms. The molecule has 1 saturated heterocycles. The molecule has 2 aliphatic heterocycles. The fourth-order valence-corrected chi connectivity index (χ4v) is 4.82. The van der Waals surface area contributed by atoms with Gasteiger partial charge in [0.15, 0.2) is 5.96 Å². The van der Waals surface area contributed by atoms with Crippen LogP contribution >= 0.6 is 0 Å². The summed E-state index contributed by atoms with van der Waals surface area (Å²) >= 11 is 0. The van der Waals surface area contributed by atoms with Crippen LogP contribution in [0.5, 0.6) is 5.75 Å². The van der Waals surface area contributed by atoms with E-state index < -0.39 is 0 Å². The molecule has 2 aromatic rings. The van der Waals surface area contributed by atoms with E-state index in [4.69, 9.17) is 18.9 Å². The van der Waals surface area contributed by atoms with Crippen molar-refractivity contribution in [3.63, 3.8) is 0 Å². The molecular formula is C26H37N3O3. The van der Waals surface area contributed by atoms with Gasteiger partial charge in [0, 0.05) is 37.6 Å². The molecule has 2 aliphatic rings. The van der Waals surface area contributed by atoms with Crippen molar-refractivity contribution in [1.29, 1.82) is 0 Å². The lowest BCUT2D eigenvalue weighted by Crippen LogP contribution is -2.49. The molecule has 4 rings (SSSR count). The van der Waals surface area contributed by atoms with Gasteiger partial charge >= 0.3 is 0 Å². The lowest BCUT2D eigenvalue weighted by molar-refractivity contribution is -0.0324. The molecule has 3 heterocycles. The standard InChI is InChI=1S/C26H37N3O3/c1-3-19(4-2)25-18-20(12-16-32-25)28-26(27-14-11-21-8-7-15-30-21)29-23-13-17-31-24-10-6-5-9-22(23)24/h5-10,15,19-20,23,25H,3-4,11-14,16-18H2,1-2H3,(H2,27,28,29). The fourth-order valence-electron chi connectivity index (χ4n) is 4.82. The number of benzene rings is 1. The molecule has 0 radical (unpaired) electrons. The molecule has 1 aromatic heterocycles. The topological polar surface area (TPSA) is 68.0 Å². The average Bonchev–Trinajstić information content (AvgIpc) is 3.34. The zero-order chi connectivity index (χ0) is 22.2. The number of nitrogens with zero attached hydrogens (tertiary/aromatic N) is 1. The number of hydrogen-bond donors (Lipinski definition) is 2. The largest absolute Gasteiger partial charge is 0.493 e. The van der Waals surface area contributed by atoms with Gasteiger partial charge in [0.25, 0.3) is 0 Å². The summed E-state index contributed by atoms with van der Waals surface area (Å²) in [5.41, 5.74) is 1.20. The van der Waals surface area contributed by atoms with Gasteiger partial charge in [0.1, 0.15) is 11.5 Å².